The Morgan fingerprint density at radius 2 is 2.00 bits per heavy atom. The standard InChI is InChI=1S/C17H19BrN2O2/c1-12(15-8-3-4-9-16(15)18)20-17(21)19-11-13-6-5-7-14(10-13)22-2/h3-10,12H,11H2,1-2H3,(H2,19,20,21)/t12-/m0/s1. The van der Waals surface area contributed by atoms with Crippen molar-refractivity contribution in [3.63, 3.8) is 0 Å². The summed E-state index contributed by atoms with van der Waals surface area (Å²) in [5.74, 6) is 0.779. The van der Waals surface area contributed by atoms with Crippen molar-refractivity contribution in [2.75, 3.05) is 7.11 Å². The molecule has 2 N–H and O–H groups in total. The van der Waals surface area contributed by atoms with Gasteiger partial charge in [0.1, 0.15) is 5.75 Å². The lowest BCUT2D eigenvalue weighted by atomic mass is 10.1. The van der Waals surface area contributed by atoms with Gasteiger partial charge in [0.25, 0.3) is 0 Å². The summed E-state index contributed by atoms with van der Waals surface area (Å²) in [7, 11) is 1.62. The lowest BCUT2D eigenvalue weighted by Crippen LogP contribution is -2.36. The van der Waals surface area contributed by atoms with Crippen LogP contribution in [0.25, 0.3) is 0 Å². The summed E-state index contributed by atoms with van der Waals surface area (Å²) < 4.78 is 6.15. The quantitative estimate of drug-likeness (QED) is 0.843. The maximum Gasteiger partial charge on any atom is 0.315 e. The maximum atomic E-state index is 12.0. The third kappa shape index (κ3) is 4.49. The van der Waals surface area contributed by atoms with Gasteiger partial charge in [-0.05, 0) is 36.2 Å². The molecule has 2 aromatic rings. The molecule has 0 spiro atoms. The molecule has 5 heteroatoms. The summed E-state index contributed by atoms with van der Waals surface area (Å²) in [6.45, 7) is 2.40. The number of urea groups is 1. The van der Waals surface area contributed by atoms with E-state index < -0.39 is 0 Å². The number of hydrogen-bond donors (Lipinski definition) is 2. The van der Waals surface area contributed by atoms with Crippen LogP contribution < -0.4 is 15.4 Å². The Hall–Kier alpha value is -2.01. The minimum absolute atomic E-state index is 0.0825. The predicted octanol–water partition coefficient (Wildman–Crippen LogP) is 4.02. The van der Waals surface area contributed by atoms with Crippen molar-refractivity contribution in [1.82, 2.24) is 10.6 Å². The fraction of sp³-hybridized carbons (Fsp3) is 0.235. The van der Waals surface area contributed by atoms with Crippen molar-refractivity contribution in [2.24, 2.45) is 0 Å². The van der Waals surface area contributed by atoms with Gasteiger partial charge in [-0.2, -0.15) is 0 Å². The molecule has 116 valence electrons. The lowest BCUT2D eigenvalue weighted by Gasteiger charge is -2.16. The highest BCUT2D eigenvalue weighted by Gasteiger charge is 2.11. The number of hydrogen-bond acceptors (Lipinski definition) is 2. The predicted molar refractivity (Wildman–Crippen MR) is 90.9 cm³/mol. The molecule has 0 aliphatic carbocycles. The first-order chi connectivity index (χ1) is 10.6. The van der Waals surface area contributed by atoms with Gasteiger partial charge in [0.2, 0.25) is 0 Å². The number of ether oxygens (including phenoxy) is 1. The van der Waals surface area contributed by atoms with E-state index in [9.17, 15) is 4.79 Å². The molecule has 4 nitrogen and oxygen atoms in total. The zero-order valence-corrected chi connectivity index (χ0v) is 14.2. The number of carbonyl (C=O) groups excluding carboxylic acids is 1. The van der Waals surface area contributed by atoms with E-state index in [0.29, 0.717) is 6.54 Å². The summed E-state index contributed by atoms with van der Waals surface area (Å²) in [5.41, 5.74) is 2.03. The van der Waals surface area contributed by atoms with Crippen LogP contribution in [0.2, 0.25) is 0 Å². The fourth-order valence-electron chi connectivity index (χ4n) is 2.12. The average molecular weight is 363 g/mol. The molecule has 0 heterocycles. The van der Waals surface area contributed by atoms with Crippen LogP contribution in [0.3, 0.4) is 0 Å². The third-order valence-electron chi connectivity index (χ3n) is 3.31. The minimum atomic E-state index is -0.203. The monoisotopic (exact) mass is 362 g/mol. The van der Waals surface area contributed by atoms with Gasteiger partial charge in [0.15, 0.2) is 0 Å². The molecule has 0 radical (unpaired) electrons. The number of halogens is 1. The van der Waals surface area contributed by atoms with E-state index in [1.165, 1.54) is 0 Å². The normalized spacial score (nSPS) is 11.6. The second kappa shape index (κ2) is 7.84. The first-order valence-corrected chi connectivity index (χ1v) is 7.81. The van der Waals surface area contributed by atoms with E-state index in [4.69, 9.17) is 4.74 Å². The number of rotatable bonds is 5. The zero-order valence-electron chi connectivity index (χ0n) is 12.6. The number of methoxy groups -OCH3 is 1. The van der Waals surface area contributed by atoms with Crippen LogP contribution in [0.4, 0.5) is 4.79 Å². The van der Waals surface area contributed by atoms with Gasteiger partial charge >= 0.3 is 6.03 Å². The van der Waals surface area contributed by atoms with Crippen molar-refractivity contribution in [3.8, 4) is 5.75 Å². The van der Waals surface area contributed by atoms with Gasteiger partial charge in [-0.15, -0.1) is 0 Å². The van der Waals surface area contributed by atoms with Crippen molar-refractivity contribution in [1.29, 1.82) is 0 Å². The Kier molecular flexibility index (Phi) is 5.83. The molecule has 0 aliphatic heterocycles. The lowest BCUT2D eigenvalue weighted by molar-refractivity contribution is 0.237. The molecule has 0 unspecified atom stereocenters. The number of benzene rings is 2. The molecule has 1 atom stereocenters. The molecular weight excluding hydrogens is 344 g/mol. The van der Waals surface area contributed by atoms with Gasteiger partial charge in [0.05, 0.1) is 13.2 Å². The Bertz CT molecular complexity index is 646. The van der Waals surface area contributed by atoms with Crippen LogP contribution in [-0.4, -0.2) is 13.1 Å². The van der Waals surface area contributed by atoms with E-state index in [1.54, 1.807) is 7.11 Å². The molecule has 2 rings (SSSR count). The second-order valence-corrected chi connectivity index (χ2v) is 5.78. The number of nitrogens with one attached hydrogen (secondary N) is 2. The summed E-state index contributed by atoms with van der Waals surface area (Å²) in [6, 6.07) is 15.2. The largest absolute Gasteiger partial charge is 0.497 e. The molecule has 0 saturated carbocycles. The number of carbonyl (C=O) groups is 1. The smallest absolute Gasteiger partial charge is 0.315 e. The van der Waals surface area contributed by atoms with Crippen molar-refractivity contribution in [2.45, 2.75) is 19.5 Å². The van der Waals surface area contributed by atoms with E-state index >= 15 is 0 Å². The van der Waals surface area contributed by atoms with E-state index in [-0.39, 0.29) is 12.1 Å². The molecule has 0 aromatic heterocycles. The van der Waals surface area contributed by atoms with Crippen LogP contribution in [0.1, 0.15) is 24.1 Å². The molecule has 0 bridgehead atoms. The second-order valence-electron chi connectivity index (χ2n) is 4.92. The molecule has 0 aliphatic rings. The summed E-state index contributed by atoms with van der Waals surface area (Å²) in [5, 5.41) is 5.77. The van der Waals surface area contributed by atoms with Crippen molar-refractivity contribution < 1.29 is 9.53 Å². The Balaban J connectivity index is 1.89. The highest BCUT2D eigenvalue weighted by atomic mass is 79.9. The van der Waals surface area contributed by atoms with E-state index in [1.807, 2.05) is 55.5 Å². The summed E-state index contributed by atoms with van der Waals surface area (Å²) >= 11 is 3.49. The van der Waals surface area contributed by atoms with Crippen molar-refractivity contribution in [3.05, 3.63) is 64.1 Å². The van der Waals surface area contributed by atoms with Gasteiger partial charge in [-0.3, -0.25) is 0 Å². The Labute approximate surface area is 139 Å². The molecule has 2 amide bonds. The van der Waals surface area contributed by atoms with Crippen LogP contribution >= 0.6 is 15.9 Å². The van der Waals surface area contributed by atoms with E-state index in [2.05, 4.69) is 26.6 Å². The highest BCUT2D eigenvalue weighted by molar-refractivity contribution is 9.10. The van der Waals surface area contributed by atoms with E-state index in [0.717, 1.165) is 21.3 Å². The highest BCUT2D eigenvalue weighted by Crippen LogP contribution is 2.22. The van der Waals surface area contributed by atoms with Crippen LogP contribution in [0.5, 0.6) is 5.75 Å². The SMILES string of the molecule is COc1cccc(CNC(=O)N[C@@H](C)c2ccccc2Br)c1. The van der Waals surface area contributed by atoms with Crippen molar-refractivity contribution >= 4 is 22.0 Å². The van der Waals surface area contributed by atoms with Gasteiger partial charge in [-0.1, -0.05) is 46.3 Å². The zero-order chi connectivity index (χ0) is 15.9. The molecule has 2 aromatic carbocycles. The van der Waals surface area contributed by atoms with Crippen LogP contribution in [0.15, 0.2) is 53.0 Å². The average Bonchev–Trinajstić information content (AvgIpc) is 2.53. The fourth-order valence-corrected chi connectivity index (χ4v) is 2.74. The molecule has 22 heavy (non-hydrogen) atoms. The molecule has 0 fully saturated rings. The van der Waals surface area contributed by atoms with Gasteiger partial charge in [-0.25, -0.2) is 4.79 Å². The first-order valence-electron chi connectivity index (χ1n) is 7.02. The van der Waals surface area contributed by atoms with Gasteiger partial charge < -0.3 is 15.4 Å². The minimum Gasteiger partial charge on any atom is -0.497 e. The Morgan fingerprint density at radius 3 is 2.73 bits per heavy atom. The van der Waals surface area contributed by atoms with Gasteiger partial charge in [0, 0.05) is 11.0 Å². The van der Waals surface area contributed by atoms with Crippen LogP contribution in [0, 0.1) is 0 Å². The summed E-state index contributed by atoms with van der Waals surface area (Å²) in [6.07, 6.45) is 0. The summed E-state index contributed by atoms with van der Waals surface area (Å²) in [4.78, 5) is 12.0. The first kappa shape index (κ1) is 16.4. The molecule has 0 saturated heterocycles. The molecular formula is C17H19BrN2O2. The maximum absolute atomic E-state index is 12.0. The third-order valence-corrected chi connectivity index (χ3v) is 4.03. The topological polar surface area (TPSA) is 50.4 Å². The Morgan fingerprint density at radius 1 is 1.23 bits per heavy atom. The van der Waals surface area contributed by atoms with Crippen LogP contribution in [-0.2, 0) is 6.54 Å². The number of amides is 2.